The Labute approximate surface area is 202 Å². The van der Waals surface area contributed by atoms with Gasteiger partial charge in [-0.2, -0.15) is 11.8 Å². The minimum absolute atomic E-state index is 0. The number of rotatable bonds is 8. The van der Waals surface area contributed by atoms with Crippen molar-refractivity contribution in [3.8, 4) is 0 Å². The average molecular weight is 540 g/mol. The summed E-state index contributed by atoms with van der Waals surface area (Å²) in [7, 11) is 1.85. The number of halogens is 1. The van der Waals surface area contributed by atoms with Crippen LogP contribution in [0.3, 0.4) is 0 Å². The Morgan fingerprint density at radius 2 is 1.57 bits per heavy atom. The number of nitrogens with zero attached hydrogens (tertiary/aromatic N) is 1. The molecule has 3 rings (SSSR count). The van der Waals surface area contributed by atoms with Gasteiger partial charge in [-0.3, -0.25) is 4.99 Å². The van der Waals surface area contributed by atoms with Gasteiger partial charge < -0.3 is 15.4 Å². The normalized spacial score (nSPS) is 16.0. The van der Waals surface area contributed by atoms with E-state index in [1.807, 2.05) is 18.8 Å². The Kier molecular flexibility index (Phi) is 11.0. The van der Waals surface area contributed by atoms with Crippen LogP contribution >= 0.6 is 35.7 Å². The van der Waals surface area contributed by atoms with E-state index in [-0.39, 0.29) is 34.6 Å². The summed E-state index contributed by atoms with van der Waals surface area (Å²) in [6, 6.07) is 21.4. The molecule has 2 aromatic carbocycles. The molecule has 0 spiro atoms. The van der Waals surface area contributed by atoms with Gasteiger partial charge in [0.05, 0.1) is 0 Å². The summed E-state index contributed by atoms with van der Waals surface area (Å²) in [6.45, 7) is 5.65. The molecule has 2 N–H and O–H groups in total. The first kappa shape index (κ1) is 25.0. The van der Waals surface area contributed by atoms with Crippen LogP contribution in [0, 0.1) is 0 Å². The maximum atomic E-state index is 5.59. The molecular formula is C24H34IN3OS. The fraction of sp³-hybridized carbons (Fsp3) is 0.458. The molecule has 0 atom stereocenters. The Morgan fingerprint density at radius 3 is 2.07 bits per heavy atom. The van der Waals surface area contributed by atoms with Gasteiger partial charge in [0.1, 0.15) is 0 Å². The van der Waals surface area contributed by atoms with Crippen molar-refractivity contribution in [2.75, 3.05) is 39.1 Å². The molecule has 2 aromatic rings. The fourth-order valence-corrected chi connectivity index (χ4v) is 5.13. The van der Waals surface area contributed by atoms with Crippen molar-refractivity contribution in [3.63, 3.8) is 0 Å². The lowest BCUT2D eigenvalue weighted by Crippen LogP contribution is -2.48. The van der Waals surface area contributed by atoms with Gasteiger partial charge in [0, 0.05) is 44.0 Å². The summed E-state index contributed by atoms with van der Waals surface area (Å²) in [5, 5.41) is 7.15. The summed E-state index contributed by atoms with van der Waals surface area (Å²) in [4.78, 5) is 4.48. The third kappa shape index (κ3) is 7.17. The van der Waals surface area contributed by atoms with Crippen LogP contribution in [0.25, 0.3) is 0 Å². The van der Waals surface area contributed by atoms with E-state index < -0.39 is 0 Å². The van der Waals surface area contributed by atoms with Crippen LogP contribution in [0.5, 0.6) is 0 Å². The van der Waals surface area contributed by atoms with Crippen LogP contribution in [-0.4, -0.2) is 49.8 Å². The number of hydrogen-bond donors (Lipinski definition) is 2. The van der Waals surface area contributed by atoms with Gasteiger partial charge in [-0.1, -0.05) is 67.6 Å². The number of ether oxygens (including phenoxy) is 1. The molecule has 0 unspecified atom stereocenters. The molecule has 4 nitrogen and oxygen atoms in total. The second kappa shape index (κ2) is 13.2. The van der Waals surface area contributed by atoms with Crippen molar-refractivity contribution in [1.82, 2.24) is 10.6 Å². The van der Waals surface area contributed by atoms with Crippen LogP contribution < -0.4 is 10.6 Å². The first-order valence-corrected chi connectivity index (χ1v) is 11.5. The van der Waals surface area contributed by atoms with E-state index in [2.05, 4.69) is 83.2 Å². The highest BCUT2D eigenvalue weighted by Crippen LogP contribution is 2.34. The molecule has 0 aliphatic carbocycles. The Balaban J connectivity index is 0.00000320. The van der Waals surface area contributed by atoms with Gasteiger partial charge in [-0.05, 0) is 29.7 Å². The summed E-state index contributed by atoms with van der Waals surface area (Å²) < 4.78 is 5.83. The highest BCUT2D eigenvalue weighted by molar-refractivity contribution is 14.0. The van der Waals surface area contributed by atoms with Crippen molar-refractivity contribution in [3.05, 3.63) is 71.8 Å². The molecule has 6 heteroatoms. The quantitative estimate of drug-likeness (QED) is 0.285. The standard InChI is InChI=1S/C24H33N3OS.HI/c1-3-29-24(14-16-28-17-15-24)19-27-23(25-2)26-18-22(20-10-6-4-7-11-20)21-12-8-5-9-13-21;/h4-13,22H,3,14-19H2,1-2H3,(H2,25,26,27);1H. The Bertz CT molecular complexity index is 707. The molecule has 0 aromatic heterocycles. The summed E-state index contributed by atoms with van der Waals surface area (Å²) in [6.07, 6.45) is 2.18. The molecule has 1 fully saturated rings. The number of guanidine groups is 1. The van der Waals surface area contributed by atoms with Crippen LogP contribution in [0.2, 0.25) is 0 Å². The van der Waals surface area contributed by atoms with Crippen molar-refractivity contribution in [2.24, 2.45) is 4.99 Å². The van der Waals surface area contributed by atoms with Crippen molar-refractivity contribution < 1.29 is 4.74 Å². The molecule has 0 saturated carbocycles. The fourth-order valence-electron chi connectivity index (χ4n) is 3.88. The van der Waals surface area contributed by atoms with E-state index >= 15 is 0 Å². The lowest BCUT2D eigenvalue weighted by atomic mass is 9.91. The van der Waals surface area contributed by atoms with Gasteiger partial charge >= 0.3 is 0 Å². The predicted octanol–water partition coefficient (Wildman–Crippen LogP) is 4.90. The Morgan fingerprint density at radius 1 is 1.00 bits per heavy atom. The van der Waals surface area contributed by atoms with E-state index in [9.17, 15) is 0 Å². The molecule has 164 valence electrons. The topological polar surface area (TPSA) is 45.7 Å². The molecule has 1 aliphatic rings. The Hall–Kier alpha value is -1.25. The number of aliphatic imine (C=N–C) groups is 1. The lowest BCUT2D eigenvalue weighted by Gasteiger charge is -2.37. The van der Waals surface area contributed by atoms with Crippen molar-refractivity contribution in [2.45, 2.75) is 30.4 Å². The minimum Gasteiger partial charge on any atom is -0.381 e. The molecule has 30 heavy (non-hydrogen) atoms. The SMILES string of the molecule is CCSC1(CNC(=NC)NCC(c2ccccc2)c2ccccc2)CCOCC1.I. The highest BCUT2D eigenvalue weighted by atomic mass is 127. The maximum Gasteiger partial charge on any atom is 0.191 e. The second-order valence-corrected chi connectivity index (χ2v) is 9.14. The molecule has 0 amide bonds. The predicted molar refractivity (Wildman–Crippen MR) is 140 cm³/mol. The zero-order valence-corrected chi connectivity index (χ0v) is 21.1. The van der Waals surface area contributed by atoms with Crippen LogP contribution in [0.1, 0.15) is 36.8 Å². The van der Waals surface area contributed by atoms with E-state index in [1.165, 1.54) is 11.1 Å². The monoisotopic (exact) mass is 539 g/mol. The van der Waals surface area contributed by atoms with Crippen LogP contribution in [0.4, 0.5) is 0 Å². The zero-order valence-electron chi connectivity index (χ0n) is 18.0. The van der Waals surface area contributed by atoms with Crippen LogP contribution in [0.15, 0.2) is 65.7 Å². The van der Waals surface area contributed by atoms with Crippen molar-refractivity contribution in [1.29, 1.82) is 0 Å². The lowest BCUT2D eigenvalue weighted by molar-refractivity contribution is 0.0782. The average Bonchev–Trinajstić information content (AvgIpc) is 2.78. The molecule has 1 aliphatic heterocycles. The maximum absolute atomic E-state index is 5.59. The molecular weight excluding hydrogens is 505 g/mol. The van der Waals surface area contributed by atoms with E-state index in [0.717, 1.165) is 50.9 Å². The van der Waals surface area contributed by atoms with Gasteiger partial charge in [-0.15, -0.1) is 24.0 Å². The summed E-state index contributed by atoms with van der Waals surface area (Å²) >= 11 is 2.05. The second-order valence-electron chi connectivity index (χ2n) is 7.41. The largest absolute Gasteiger partial charge is 0.381 e. The smallest absolute Gasteiger partial charge is 0.191 e. The number of nitrogens with one attached hydrogen (secondary N) is 2. The number of thioether (sulfide) groups is 1. The van der Waals surface area contributed by atoms with Crippen LogP contribution in [-0.2, 0) is 4.74 Å². The number of hydrogen-bond acceptors (Lipinski definition) is 3. The highest BCUT2D eigenvalue weighted by Gasteiger charge is 2.32. The zero-order chi connectivity index (χ0) is 20.4. The molecule has 0 bridgehead atoms. The molecule has 0 radical (unpaired) electrons. The van der Waals surface area contributed by atoms with Crippen molar-refractivity contribution >= 4 is 41.7 Å². The molecule has 1 heterocycles. The number of benzene rings is 2. The minimum atomic E-state index is 0. The third-order valence-corrected chi connectivity index (χ3v) is 6.99. The first-order chi connectivity index (χ1) is 14.3. The van der Waals surface area contributed by atoms with Gasteiger partial charge in [-0.25, -0.2) is 0 Å². The van der Waals surface area contributed by atoms with Gasteiger partial charge in [0.2, 0.25) is 0 Å². The third-order valence-electron chi connectivity index (χ3n) is 5.53. The van der Waals surface area contributed by atoms with Gasteiger partial charge in [0.25, 0.3) is 0 Å². The summed E-state index contributed by atoms with van der Waals surface area (Å²) in [5.74, 6) is 2.26. The summed E-state index contributed by atoms with van der Waals surface area (Å²) in [5.41, 5.74) is 2.62. The van der Waals surface area contributed by atoms with E-state index in [4.69, 9.17) is 4.74 Å². The van der Waals surface area contributed by atoms with Gasteiger partial charge in [0.15, 0.2) is 5.96 Å². The molecule has 1 saturated heterocycles. The first-order valence-electron chi connectivity index (χ1n) is 10.5. The van der Waals surface area contributed by atoms with E-state index in [0.29, 0.717) is 0 Å². The van der Waals surface area contributed by atoms with E-state index in [1.54, 1.807) is 0 Å².